The van der Waals surface area contributed by atoms with Crippen LogP contribution in [0.5, 0.6) is 0 Å². The van der Waals surface area contributed by atoms with Gasteiger partial charge in [-0.1, -0.05) is 66.2 Å². The number of nitrogens with one attached hydrogen (secondary N) is 1. The molecule has 1 aliphatic rings. The lowest BCUT2D eigenvalue weighted by Gasteiger charge is -2.34. The fraction of sp³-hybridized carbons (Fsp3) is 0.333. The number of carbonyl (C=O) groups is 2. The average molecular weight is 430 g/mol. The van der Waals surface area contributed by atoms with Crippen LogP contribution in [0, 0.1) is 6.92 Å². The molecular formula is C27H31N3O2. The van der Waals surface area contributed by atoms with Crippen LogP contribution in [0.25, 0.3) is 10.8 Å². The largest absolute Gasteiger partial charge is 0.348 e. The third-order valence-corrected chi connectivity index (χ3v) is 6.22. The molecule has 1 aliphatic heterocycles. The standard InChI is InChI=1S/C27H31N3O2/c1-20-7-9-22(10-8-20)17-27(32)30-15-13-29(14-16-30)19-26(31)28-21(2)24-12-11-23-5-3-4-6-25(23)18-24/h3-12,18,21H,13-17,19H2,1-2H3,(H,28,31). The van der Waals surface area contributed by atoms with Crippen LogP contribution in [-0.4, -0.2) is 54.3 Å². The van der Waals surface area contributed by atoms with Crippen molar-refractivity contribution in [3.05, 3.63) is 83.4 Å². The maximum Gasteiger partial charge on any atom is 0.234 e. The van der Waals surface area contributed by atoms with Crippen LogP contribution < -0.4 is 5.32 Å². The third kappa shape index (κ3) is 5.54. The molecule has 1 unspecified atom stereocenters. The summed E-state index contributed by atoms with van der Waals surface area (Å²) in [5.41, 5.74) is 3.34. The molecule has 4 rings (SSSR count). The summed E-state index contributed by atoms with van der Waals surface area (Å²) in [5.74, 6) is 0.174. The van der Waals surface area contributed by atoms with E-state index in [1.807, 2.05) is 55.1 Å². The summed E-state index contributed by atoms with van der Waals surface area (Å²) in [6, 6.07) is 22.6. The first-order valence-electron chi connectivity index (χ1n) is 11.3. The molecule has 3 aromatic rings. The van der Waals surface area contributed by atoms with Gasteiger partial charge in [-0.2, -0.15) is 0 Å². The predicted molar refractivity (Wildman–Crippen MR) is 128 cm³/mol. The maximum absolute atomic E-state index is 12.6. The molecular weight excluding hydrogens is 398 g/mol. The molecule has 166 valence electrons. The Morgan fingerprint density at radius 2 is 1.59 bits per heavy atom. The van der Waals surface area contributed by atoms with Gasteiger partial charge in [0.25, 0.3) is 0 Å². The number of benzene rings is 3. The smallest absolute Gasteiger partial charge is 0.234 e. The van der Waals surface area contributed by atoms with Crippen molar-refractivity contribution in [2.75, 3.05) is 32.7 Å². The molecule has 0 radical (unpaired) electrons. The fourth-order valence-corrected chi connectivity index (χ4v) is 4.20. The third-order valence-electron chi connectivity index (χ3n) is 6.22. The zero-order chi connectivity index (χ0) is 22.5. The molecule has 0 aromatic heterocycles. The maximum atomic E-state index is 12.6. The number of hydrogen-bond acceptors (Lipinski definition) is 3. The summed E-state index contributed by atoms with van der Waals surface area (Å²) in [4.78, 5) is 29.2. The molecule has 1 atom stereocenters. The quantitative estimate of drug-likeness (QED) is 0.650. The SMILES string of the molecule is Cc1ccc(CC(=O)N2CCN(CC(=O)NC(C)c3ccc4ccccc4c3)CC2)cc1. The van der Waals surface area contributed by atoms with E-state index in [0.29, 0.717) is 26.1 Å². The number of piperazine rings is 1. The molecule has 3 aromatic carbocycles. The van der Waals surface area contributed by atoms with Crippen LogP contribution in [0.15, 0.2) is 66.7 Å². The van der Waals surface area contributed by atoms with Gasteiger partial charge in [0, 0.05) is 26.2 Å². The van der Waals surface area contributed by atoms with Gasteiger partial charge in [-0.05, 0) is 41.8 Å². The summed E-state index contributed by atoms with van der Waals surface area (Å²) in [5, 5.41) is 5.50. The van der Waals surface area contributed by atoms with Gasteiger partial charge in [0.05, 0.1) is 19.0 Å². The number of fused-ring (bicyclic) bond motifs is 1. The summed E-state index contributed by atoms with van der Waals surface area (Å²) in [6.07, 6.45) is 0.435. The normalized spacial score (nSPS) is 15.5. The molecule has 32 heavy (non-hydrogen) atoms. The molecule has 1 fully saturated rings. The van der Waals surface area contributed by atoms with E-state index in [2.05, 4.69) is 40.5 Å². The molecule has 5 nitrogen and oxygen atoms in total. The highest BCUT2D eigenvalue weighted by molar-refractivity contribution is 5.83. The van der Waals surface area contributed by atoms with Gasteiger partial charge in [0.2, 0.25) is 11.8 Å². The summed E-state index contributed by atoms with van der Waals surface area (Å²) >= 11 is 0. The lowest BCUT2D eigenvalue weighted by molar-refractivity contribution is -0.132. The van der Waals surface area contributed by atoms with Crippen molar-refractivity contribution in [3.8, 4) is 0 Å². The van der Waals surface area contributed by atoms with E-state index in [4.69, 9.17) is 0 Å². The van der Waals surface area contributed by atoms with E-state index >= 15 is 0 Å². The van der Waals surface area contributed by atoms with Gasteiger partial charge in [-0.15, -0.1) is 0 Å². The van der Waals surface area contributed by atoms with Crippen LogP contribution in [0.1, 0.15) is 29.7 Å². The first-order valence-corrected chi connectivity index (χ1v) is 11.3. The molecule has 1 N–H and O–H groups in total. The number of carbonyl (C=O) groups excluding carboxylic acids is 2. The molecule has 1 saturated heterocycles. The van der Waals surface area contributed by atoms with E-state index < -0.39 is 0 Å². The highest BCUT2D eigenvalue weighted by Crippen LogP contribution is 2.20. The van der Waals surface area contributed by atoms with Crippen molar-refractivity contribution in [3.63, 3.8) is 0 Å². The zero-order valence-corrected chi connectivity index (χ0v) is 18.9. The lowest BCUT2D eigenvalue weighted by Crippen LogP contribution is -2.51. The van der Waals surface area contributed by atoms with E-state index in [0.717, 1.165) is 24.2 Å². The number of hydrogen-bond donors (Lipinski definition) is 1. The van der Waals surface area contributed by atoms with Crippen LogP contribution in [0.4, 0.5) is 0 Å². The van der Waals surface area contributed by atoms with Crippen molar-refractivity contribution in [1.29, 1.82) is 0 Å². The van der Waals surface area contributed by atoms with Crippen molar-refractivity contribution in [2.45, 2.75) is 26.3 Å². The second-order valence-corrected chi connectivity index (χ2v) is 8.72. The predicted octanol–water partition coefficient (Wildman–Crippen LogP) is 3.71. The van der Waals surface area contributed by atoms with E-state index in [9.17, 15) is 9.59 Å². The minimum Gasteiger partial charge on any atom is -0.348 e. The lowest BCUT2D eigenvalue weighted by atomic mass is 10.0. The monoisotopic (exact) mass is 429 g/mol. The van der Waals surface area contributed by atoms with Crippen LogP contribution in [0.2, 0.25) is 0 Å². The first-order chi connectivity index (χ1) is 15.5. The van der Waals surface area contributed by atoms with Crippen LogP contribution in [-0.2, 0) is 16.0 Å². The highest BCUT2D eigenvalue weighted by Gasteiger charge is 2.23. The molecule has 2 amide bonds. The van der Waals surface area contributed by atoms with Crippen LogP contribution in [0.3, 0.4) is 0 Å². The summed E-state index contributed by atoms with van der Waals surface area (Å²) < 4.78 is 0. The van der Waals surface area contributed by atoms with Gasteiger partial charge in [0.15, 0.2) is 0 Å². The second-order valence-electron chi connectivity index (χ2n) is 8.72. The summed E-state index contributed by atoms with van der Waals surface area (Å²) in [6.45, 7) is 7.19. The zero-order valence-electron chi connectivity index (χ0n) is 18.9. The van der Waals surface area contributed by atoms with E-state index in [1.165, 1.54) is 16.3 Å². The molecule has 0 aliphatic carbocycles. The number of nitrogens with zero attached hydrogens (tertiary/aromatic N) is 2. The van der Waals surface area contributed by atoms with E-state index in [-0.39, 0.29) is 17.9 Å². The van der Waals surface area contributed by atoms with Gasteiger partial charge in [-0.3, -0.25) is 14.5 Å². The number of amides is 2. The Bertz CT molecular complexity index is 1090. The van der Waals surface area contributed by atoms with Gasteiger partial charge in [-0.25, -0.2) is 0 Å². The van der Waals surface area contributed by atoms with E-state index in [1.54, 1.807) is 0 Å². The van der Waals surface area contributed by atoms with Crippen molar-refractivity contribution >= 4 is 22.6 Å². The Kier molecular flexibility index (Phi) is 6.86. The minimum atomic E-state index is -0.0514. The molecule has 0 spiro atoms. The molecule has 5 heteroatoms. The van der Waals surface area contributed by atoms with Gasteiger partial charge >= 0.3 is 0 Å². The highest BCUT2D eigenvalue weighted by atomic mass is 16.2. The molecule has 1 heterocycles. The molecule has 0 bridgehead atoms. The Morgan fingerprint density at radius 1 is 0.906 bits per heavy atom. The Hall–Kier alpha value is -3.18. The first kappa shape index (κ1) is 22.0. The number of aryl methyl sites for hydroxylation is 1. The Labute approximate surface area is 190 Å². The van der Waals surface area contributed by atoms with Crippen molar-refractivity contribution in [1.82, 2.24) is 15.1 Å². The minimum absolute atomic E-state index is 0.0186. The Morgan fingerprint density at radius 3 is 2.31 bits per heavy atom. The summed E-state index contributed by atoms with van der Waals surface area (Å²) in [7, 11) is 0. The Balaban J connectivity index is 1.24. The van der Waals surface area contributed by atoms with Crippen molar-refractivity contribution in [2.24, 2.45) is 0 Å². The average Bonchev–Trinajstić information content (AvgIpc) is 2.80. The van der Waals surface area contributed by atoms with Gasteiger partial charge < -0.3 is 10.2 Å². The van der Waals surface area contributed by atoms with Crippen LogP contribution >= 0.6 is 0 Å². The molecule has 0 saturated carbocycles. The van der Waals surface area contributed by atoms with Gasteiger partial charge in [0.1, 0.15) is 0 Å². The van der Waals surface area contributed by atoms with Crippen molar-refractivity contribution < 1.29 is 9.59 Å². The topological polar surface area (TPSA) is 52.7 Å². The second kappa shape index (κ2) is 9.96. The fourth-order valence-electron chi connectivity index (χ4n) is 4.20. The number of rotatable bonds is 6.